The molecule has 7 heteroatoms. The van der Waals surface area contributed by atoms with Crippen molar-refractivity contribution in [2.24, 2.45) is 5.73 Å². The summed E-state index contributed by atoms with van der Waals surface area (Å²) in [5, 5.41) is 9.91. The predicted molar refractivity (Wildman–Crippen MR) is 129 cm³/mol. The fourth-order valence-electron chi connectivity index (χ4n) is 4.21. The van der Waals surface area contributed by atoms with Gasteiger partial charge in [0.25, 0.3) is 0 Å². The predicted octanol–water partition coefficient (Wildman–Crippen LogP) is 4.77. The Morgan fingerprint density at radius 2 is 1.76 bits per heavy atom. The number of hydrogen-bond acceptors (Lipinski definition) is 5. The quantitative estimate of drug-likeness (QED) is 0.419. The average molecular weight is 432 g/mol. The van der Waals surface area contributed by atoms with Crippen LogP contribution in [0.3, 0.4) is 0 Å². The van der Waals surface area contributed by atoms with Gasteiger partial charge in [-0.05, 0) is 30.2 Å². The summed E-state index contributed by atoms with van der Waals surface area (Å²) >= 11 is 0. The summed E-state index contributed by atoms with van der Waals surface area (Å²) < 4.78 is 1.98. The average Bonchev–Trinajstić information content (AvgIpc) is 3.49. The molecule has 0 spiro atoms. The van der Waals surface area contributed by atoms with Crippen LogP contribution in [0.5, 0.6) is 0 Å². The minimum atomic E-state index is 0.514. The van der Waals surface area contributed by atoms with Crippen LogP contribution in [-0.2, 0) is 6.54 Å². The molecule has 0 saturated heterocycles. The fourth-order valence-corrected chi connectivity index (χ4v) is 4.21. The van der Waals surface area contributed by atoms with Crippen LogP contribution in [0.4, 0.5) is 0 Å². The van der Waals surface area contributed by atoms with Crippen molar-refractivity contribution in [2.75, 3.05) is 0 Å². The lowest BCUT2D eigenvalue weighted by atomic mass is 9.97. The normalized spacial score (nSPS) is 11.5. The van der Waals surface area contributed by atoms with E-state index in [0.717, 1.165) is 61.7 Å². The van der Waals surface area contributed by atoms with Gasteiger partial charge in [-0.1, -0.05) is 54.6 Å². The van der Waals surface area contributed by atoms with Gasteiger partial charge >= 0.3 is 0 Å². The highest BCUT2D eigenvalue weighted by Crippen LogP contribution is 2.35. The van der Waals surface area contributed by atoms with Crippen LogP contribution in [0, 0.1) is 6.92 Å². The number of aromatic nitrogens is 6. The van der Waals surface area contributed by atoms with Gasteiger partial charge in [0, 0.05) is 29.3 Å². The molecule has 0 bridgehead atoms. The van der Waals surface area contributed by atoms with Crippen molar-refractivity contribution in [3.63, 3.8) is 0 Å². The van der Waals surface area contributed by atoms with Crippen molar-refractivity contribution >= 4 is 16.6 Å². The summed E-state index contributed by atoms with van der Waals surface area (Å²) in [5.41, 5.74) is 14.3. The Morgan fingerprint density at radius 1 is 0.939 bits per heavy atom. The number of benzene rings is 2. The third kappa shape index (κ3) is 3.18. The molecule has 0 amide bonds. The van der Waals surface area contributed by atoms with Gasteiger partial charge in [0.2, 0.25) is 0 Å². The van der Waals surface area contributed by atoms with E-state index in [1.165, 1.54) is 0 Å². The van der Waals surface area contributed by atoms with Crippen molar-refractivity contribution in [1.82, 2.24) is 29.5 Å². The first-order valence-corrected chi connectivity index (χ1v) is 10.8. The number of nitrogens with zero attached hydrogens (tertiary/aromatic N) is 5. The maximum absolute atomic E-state index is 5.80. The molecule has 0 atom stereocenters. The molecule has 0 unspecified atom stereocenters. The zero-order valence-corrected chi connectivity index (χ0v) is 18.0. The second-order valence-electron chi connectivity index (χ2n) is 7.98. The molecule has 0 aliphatic heterocycles. The van der Waals surface area contributed by atoms with E-state index in [4.69, 9.17) is 10.7 Å². The smallest absolute Gasteiger partial charge is 0.186 e. The number of pyridine rings is 2. The number of nitrogens with two attached hydrogens (primary N) is 1. The lowest BCUT2D eigenvalue weighted by molar-refractivity contribution is 1.07. The van der Waals surface area contributed by atoms with Crippen LogP contribution < -0.4 is 5.73 Å². The summed E-state index contributed by atoms with van der Waals surface area (Å²) in [6.45, 7) is 2.46. The number of imidazole rings is 1. The molecule has 7 nitrogen and oxygen atoms in total. The first-order valence-electron chi connectivity index (χ1n) is 10.8. The summed E-state index contributed by atoms with van der Waals surface area (Å²) in [6, 6.07) is 22.7. The number of nitrogens with one attached hydrogen (secondary N) is 1. The van der Waals surface area contributed by atoms with E-state index in [1.807, 2.05) is 41.8 Å². The molecule has 0 fully saturated rings. The Hall–Kier alpha value is -4.36. The van der Waals surface area contributed by atoms with Gasteiger partial charge < -0.3 is 10.7 Å². The number of rotatable bonds is 4. The third-order valence-electron chi connectivity index (χ3n) is 5.97. The molecule has 0 aliphatic rings. The van der Waals surface area contributed by atoms with E-state index in [0.29, 0.717) is 6.54 Å². The second kappa shape index (κ2) is 7.65. The Balaban J connectivity index is 1.62. The maximum Gasteiger partial charge on any atom is 0.186 e. The topological polar surface area (TPSA) is 97.8 Å². The Kier molecular flexibility index (Phi) is 4.48. The summed E-state index contributed by atoms with van der Waals surface area (Å²) in [7, 11) is 0. The highest BCUT2D eigenvalue weighted by Gasteiger charge is 2.17. The van der Waals surface area contributed by atoms with Crippen molar-refractivity contribution in [2.45, 2.75) is 13.5 Å². The molecule has 6 rings (SSSR count). The van der Waals surface area contributed by atoms with Gasteiger partial charge in [0.15, 0.2) is 11.5 Å². The van der Waals surface area contributed by atoms with E-state index in [2.05, 4.69) is 62.6 Å². The minimum absolute atomic E-state index is 0.514. The summed E-state index contributed by atoms with van der Waals surface area (Å²) in [6.07, 6.45) is 3.63. The van der Waals surface area contributed by atoms with Crippen LogP contribution in [0.25, 0.3) is 50.5 Å². The Bertz CT molecular complexity index is 1600. The van der Waals surface area contributed by atoms with E-state index >= 15 is 0 Å². The molecule has 4 aromatic heterocycles. The molecular weight excluding hydrogens is 410 g/mol. The van der Waals surface area contributed by atoms with Gasteiger partial charge in [-0.2, -0.15) is 0 Å². The monoisotopic (exact) mass is 431 g/mol. The van der Waals surface area contributed by atoms with Crippen molar-refractivity contribution in [1.29, 1.82) is 0 Å². The van der Waals surface area contributed by atoms with Crippen LogP contribution >= 0.6 is 0 Å². The largest absolute Gasteiger partial charge is 0.342 e. The van der Waals surface area contributed by atoms with Crippen LogP contribution in [0.1, 0.15) is 11.3 Å². The SMILES string of the molecule is Cc1nc[nH]c1-c1nnc2c3cc(-c4ccccc4)c(-c4ccc(CN)cc4)nc3ccn12. The first kappa shape index (κ1) is 19.3. The number of fused-ring (bicyclic) bond motifs is 3. The zero-order valence-electron chi connectivity index (χ0n) is 18.0. The molecule has 3 N–H and O–H groups in total. The van der Waals surface area contributed by atoms with E-state index < -0.39 is 0 Å². The number of H-pyrrole nitrogens is 1. The fraction of sp³-hybridized carbons (Fsp3) is 0.0769. The summed E-state index contributed by atoms with van der Waals surface area (Å²) in [5.74, 6) is 0.726. The van der Waals surface area contributed by atoms with Crippen molar-refractivity contribution in [3.8, 4) is 33.9 Å². The van der Waals surface area contributed by atoms with E-state index in [-0.39, 0.29) is 0 Å². The van der Waals surface area contributed by atoms with Gasteiger partial charge in [-0.3, -0.25) is 4.40 Å². The van der Waals surface area contributed by atoms with Crippen molar-refractivity contribution in [3.05, 3.63) is 90.5 Å². The molecule has 4 heterocycles. The molecule has 0 radical (unpaired) electrons. The van der Waals surface area contributed by atoms with E-state index in [1.54, 1.807) is 6.33 Å². The highest BCUT2D eigenvalue weighted by molar-refractivity contribution is 5.98. The molecule has 0 saturated carbocycles. The standard InChI is InChI=1S/C26H21N7/c1-16-23(29-15-28-16)26-32-31-25-21-13-20(18-5-3-2-4-6-18)24(30-22(21)11-12-33(25)26)19-9-7-17(14-27)8-10-19/h2-13,15H,14,27H2,1H3,(H,28,29). The molecule has 2 aromatic carbocycles. The molecular formula is C26H21N7. The second-order valence-corrected chi connectivity index (χ2v) is 7.98. The molecule has 33 heavy (non-hydrogen) atoms. The Morgan fingerprint density at radius 3 is 2.48 bits per heavy atom. The molecule has 160 valence electrons. The summed E-state index contributed by atoms with van der Waals surface area (Å²) in [4.78, 5) is 12.5. The van der Waals surface area contributed by atoms with Gasteiger partial charge in [0.1, 0.15) is 5.69 Å². The lowest BCUT2D eigenvalue weighted by Gasteiger charge is -2.12. The first-order chi connectivity index (χ1) is 16.2. The number of aromatic amines is 1. The van der Waals surface area contributed by atoms with Gasteiger partial charge in [0.05, 0.1) is 23.2 Å². The zero-order chi connectivity index (χ0) is 22.4. The third-order valence-corrected chi connectivity index (χ3v) is 5.97. The van der Waals surface area contributed by atoms with Crippen LogP contribution in [0.2, 0.25) is 0 Å². The van der Waals surface area contributed by atoms with Crippen molar-refractivity contribution < 1.29 is 0 Å². The molecule has 0 aliphatic carbocycles. The molecule has 6 aromatic rings. The van der Waals surface area contributed by atoms with Crippen LogP contribution in [-0.4, -0.2) is 29.5 Å². The lowest BCUT2D eigenvalue weighted by Crippen LogP contribution is -1.97. The van der Waals surface area contributed by atoms with Crippen LogP contribution in [0.15, 0.2) is 79.3 Å². The minimum Gasteiger partial charge on any atom is -0.342 e. The van der Waals surface area contributed by atoms with Gasteiger partial charge in [-0.25, -0.2) is 9.97 Å². The van der Waals surface area contributed by atoms with Gasteiger partial charge in [-0.15, -0.1) is 10.2 Å². The Labute approximate surface area is 190 Å². The highest BCUT2D eigenvalue weighted by atomic mass is 15.3. The number of aryl methyl sites for hydroxylation is 1. The number of hydrogen-bond donors (Lipinski definition) is 2. The maximum atomic E-state index is 5.80. The van der Waals surface area contributed by atoms with E-state index in [9.17, 15) is 0 Å².